The number of aromatic nitrogens is 1. The average Bonchev–Trinajstić information content (AvgIpc) is 3.21. The number of pyridine rings is 1. The Morgan fingerprint density at radius 2 is 2.32 bits per heavy atom. The summed E-state index contributed by atoms with van der Waals surface area (Å²) in [5.41, 5.74) is 6.50. The predicted octanol–water partition coefficient (Wildman–Crippen LogP) is 3.01. The van der Waals surface area contributed by atoms with Crippen LogP contribution in [-0.2, 0) is 0 Å². The molecule has 0 bridgehead atoms. The van der Waals surface area contributed by atoms with Crippen LogP contribution in [0.15, 0.2) is 12.1 Å². The van der Waals surface area contributed by atoms with Crippen LogP contribution in [0.5, 0.6) is 5.88 Å². The Balaban J connectivity index is 1.90. The summed E-state index contributed by atoms with van der Waals surface area (Å²) in [6, 6.07) is 4.15. The van der Waals surface area contributed by atoms with E-state index in [1.165, 1.54) is 12.8 Å². The van der Waals surface area contributed by atoms with Crippen molar-refractivity contribution in [1.29, 1.82) is 0 Å². The molecule has 1 aromatic heterocycles. The molecule has 1 aromatic rings. The lowest BCUT2D eigenvalue weighted by atomic mass is 10.3. The van der Waals surface area contributed by atoms with Gasteiger partial charge in [-0.25, -0.2) is 0 Å². The van der Waals surface area contributed by atoms with Crippen LogP contribution < -0.4 is 15.8 Å². The molecule has 1 aliphatic rings. The molecule has 19 heavy (non-hydrogen) atoms. The van der Waals surface area contributed by atoms with Crippen LogP contribution in [0.4, 0.5) is 11.5 Å². The first-order valence-corrected chi connectivity index (χ1v) is 8.08. The molecule has 1 heterocycles. The Kier molecular flexibility index (Phi) is 5.19. The van der Waals surface area contributed by atoms with Crippen molar-refractivity contribution in [2.75, 3.05) is 29.2 Å². The highest BCUT2D eigenvalue weighted by molar-refractivity contribution is 7.99. The fraction of sp³-hybridized carbons (Fsp3) is 0.643. The van der Waals surface area contributed by atoms with Gasteiger partial charge in [-0.2, -0.15) is 16.7 Å². The number of nitrogens with one attached hydrogen (secondary N) is 1. The molecular weight excluding hydrogens is 258 g/mol. The molecule has 4 nitrogen and oxygen atoms in total. The van der Waals surface area contributed by atoms with Gasteiger partial charge in [-0.3, -0.25) is 0 Å². The highest BCUT2D eigenvalue weighted by Crippen LogP contribution is 2.30. The van der Waals surface area contributed by atoms with Crippen molar-refractivity contribution in [3.05, 3.63) is 12.1 Å². The highest BCUT2D eigenvalue weighted by atomic mass is 32.2. The van der Waals surface area contributed by atoms with Gasteiger partial charge in [0.1, 0.15) is 5.82 Å². The first kappa shape index (κ1) is 14.3. The lowest BCUT2D eigenvalue weighted by Crippen LogP contribution is -2.19. The van der Waals surface area contributed by atoms with Gasteiger partial charge in [0.15, 0.2) is 0 Å². The van der Waals surface area contributed by atoms with Gasteiger partial charge in [-0.1, -0.05) is 6.92 Å². The predicted molar refractivity (Wildman–Crippen MR) is 83.0 cm³/mol. The third kappa shape index (κ3) is 4.82. The Bertz CT molecular complexity index is 410. The van der Waals surface area contributed by atoms with Crippen molar-refractivity contribution in [2.24, 2.45) is 5.92 Å². The summed E-state index contributed by atoms with van der Waals surface area (Å²) in [6.45, 7) is 5.07. The molecule has 1 unspecified atom stereocenters. The minimum Gasteiger partial charge on any atom is -0.476 e. The molecule has 0 spiro atoms. The molecule has 0 aromatic carbocycles. The summed E-state index contributed by atoms with van der Waals surface area (Å²) in [5.74, 6) is 4.31. The molecule has 0 amide bonds. The van der Waals surface area contributed by atoms with E-state index in [4.69, 9.17) is 10.5 Å². The topological polar surface area (TPSA) is 60.2 Å². The number of rotatable bonds is 8. The quantitative estimate of drug-likeness (QED) is 0.767. The average molecular weight is 281 g/mol. The third-order valence-electron chi connectivity index (χ3n) is 3.01. The largest absolute Gasteiger partial charge is 0.476 e. The van der Waals surface area contributed by atoms with Gasteiger partial charge in [0.05, 0.1) is 12.3 Å². The van der Waals surface area contributed by atoms with Crippen molar-refractivity contribution >= 4 is 23.3 Å². The van der Waals surface area contributed by atoms with Crippen molar-refractivity contribution in [2.45, 2.75) is 32.7 Å². The Labute approximate surface area is 119 Å². The number of hydrogen-bond acceptors (Lipinski definition) is 5. The molecule has 1 saturated carbocycles. The molecular formula is C14H23N3OS. The minimum atomic E-state index is 0.386. The smallest absolute Gasteiger partial charge is 0.239 e. The van der Waals surface area contributed by atoms with E-state index in [0.29, 0.717) is 23.5 Å². The second-order valence-corrected chi connectivity index (χ2v) is 6.37. The Morgan fingerprint density at radius 1 is 1.53 bits per heavy atom. The monoisotopic (exact) mass is 281 g/mol. The van der Waals surface area contributed by atoms with Crippen LogP contribution >= 0.6 is 11.8 Å². The third-order valence-corrected chi connectivity index (χ3v) is 4.15. The van der Waals surface area contributed by atoms with Crippen LogP contribution in [0.1, 0.15) is 26.7 Å². The summed E-state index contributed by atoms with van der Waals surface area (Å²) in [4.78, 5) is 4.45. The van der Waals surface area contributed by atoms with Gasteiger partial charge in [0.2, 0.25) is 5.88 Å². The number of anilines is 2. The van der Waals surface area contributed by atoms with Crippen molar-refractivity contribution in [1.82, 2.24) is 4.98 Å². The summed E-state index contributed by atoms with van der Waals surface area (Å²) in [7, 11) is 0. The summed E-state index contributed by atoms with van der Waals surface area (Å²) >= 11 is 1.92. The van der Waals surface area contributed by atoms with E-state index in [0.717, 1.165) is 23.9 Å². The molecule has 0 aliphatic heterocycles. The van der Waals surface area contributed by atoms with Crippen molar-refractivity contribution in [3.63, 3.8) is 0 Å². The normalized spacial score (nSPS) is 16.1. The molecule has 106 valence electrons. The summed E-state index contributed by atoms with van der Waals surface area (Å²) in [6.07, 6.45) is 2.53. The number of nitrogen functional groups attached to an aromatic ring is 1. The zero-order valence-electron chi connectivity index (χ0n) is 11.7. The zero-order chi connectivity index (χ0) is 13.7. The standard InChI is InChI=1S/C14H23N3OS/c1-3-19-9-10(2)16-13-7-6-12(15)14(17-13)18-8-11-4-5-11/h6-7,10-11H,3-5,8-9,15H2,1-2H3,(H,16,17). The van der Waals surface area contributed by atoms with E-state index < -0.39 is 0 Å². The molecule has 0 saturated heterocycles. The van der Waals surface area contributed by atoms with Crippen LogP contribution in [0.2, 0.25) is 0 Å². The Morgan fingerprint density at radius 3 is 3.00 bits per heavy atom. The first-order chi connectivity index (χ1) is 9.19. The van der Waals surface area contributed by atoms with Gasteiger partial charge >= 0.3 is 0 Å². The van der Waals surface area contributed by atoms with Gasteiger partial charge < -0.3 is 15.8 Å². The maximum atomic E-state index is 5.89. The Hall–Kier alpha value is -1.10. The van der Waals surface area contributed by atoms with E-state index in [9.17, 15) is 0 Å². The van der Waals surface area contributed by atoms with E-state index >= 15 is 0 Å². The maximum absolute atomic E-state index is 5.89. The maximum Gasteiger partial charge on any atom is 0.239 e. The van der Waals surface area contributed by atoms with E-state index in [-0.39, 0.29) is 0 Å². The van der Waals surface area contributed by atoms with Gasteiger partial charge in [0, 0.05) is 11.8 Å². The molecule has 2 rings (SSSR count). The van der Waals surface area contributed by atoms with Crippen LogP contribution in [0.3, 0.4) is 0 Å². The lowest BCUT2D eigenvalue weighted by Gasteiger charge is -2.15. The van der Waals surface area contributed by atoms with Gasteiger partial charge in [0.25, 0.3) is 0 Å². The fourth-order valence-electron chi connectivity index (χ4n) is 1.72. The molecule has 3 N–H and O–H groups in total. The number of ether oxygens (including phenoxy) is 1. The number of thioether (sulfide) groups is 1. The fourth-order valence-corrected chi connectivity index (χ4v) is 2.39. The van der Waals surface area contributed by atoms with E-state index in [1.807, 2.05) is 23.9 Å². The number of hydrogen-bond donors (Lipinski definition) is 2. The van der Waals surface area contributed by atoms with Gasteiger partial charge in [-0.05, 0) is 43.6 Å². The second kappa shape index (κ2) is 6.89. The van der Waals surface area contributed by atoms with Crippen LogP contribution in [-0.4, -0.2) is 29.1 Å². The molecule has 5 heteroatoms. The molecule has 1 fully saturated rings. The molecule has 1 atom stereocenters. The van der Waals surface area contributed by atoms with Gasteiger partial charge in [-0.15, -0.1) is 0 Å². The summed E-state index contributed by atoms with van der Waals surface area (Å²) < 4.78 is 5.68. The minimum absolute atomic E-state index is 0.386. The SMILES string of the molecule is CCSCC(C)Nc1ccc(N)c(OCC2CC2)n1. The highest BCUT2D eigenvalue weighted by Gasteiger charge is 2.22. The molecule has 0 radical (unpaired) electrons. The zero-order valence-corrected chi connectivity index (χ0v) is 12.5. The first-order valence-electron chi connectivity index (χ1n) is 6.92. The van der Waals surface area contributed by atoms with Crippen molar-refractivity contribution in [3.8, 4) is 5.88 Å². The van der Waals surface area contributed by atoms with Crippen LogP contribution in [0.25, 0.3) is 0 Å². The van der Waals surface area contributed by atoms with E-state index in [1.54, 1.807) is 0 Å². The van der Waals surface area contributed by atoms with E-state index in [2.05, 4.69) is 24.1 Å². The van der Waals surface area contributed by atoms with Crippen molar-refractivity contribution < 1.29 is 4.74 Å². The number of nitrogens with two attached hydrogens (primary N) is 1. The number of nitrogens with zero attached hydrogens (tertiary/aromatic N) is 1. The molecule has 1 aliphatic carbocycles. The summed E-state index contributed by atoms with van der Waals surface area (Å²) in [5, 5.41) is 3.38. The van der Waals surface area contributed by atoms with Crippen LogP contribution in [0, 0.1) is 5.92 Å². The second-order valence-electron chi connectivity index (χ2n) is 5.05. The lowest BCUT2D eigenvalue weighted by molar-refractivity contribution is 0.290.